The Hall–Kier alpha value is -0.870. The quantitative estimate of drug-likeness (QED) is 0.704. The molecule has 3 rings (SSSR count). The van der Waals surface area contributed by atoms with E-state index in [0.717, 1.165) is 19.8 Å². The van der Waals surface area contributed by atoms with Gasteiger partial charge in [0, 0.05) is 43.4 Å². The number of hydrogen-bond acceptors (Lipinski definition) is 3. The van der Waals surface area contributed by atoms with E-state index in [1.807, 2.05) is 17.9 Å². The summed E-state index contributed by atoms with van der Waals surface area (Å²) in [6, 6.07) is 0.457. The van der Waals surface area contributed by atoms with E-state index >= 15 is 0 Å². The zero-order chi connectivity index (χ0) is 9.60. The summed E-state index contributed by atoms with van der Waals surface area (Å²) in [5.74, 6) is 0. The molecule has 4 nitrogen and oxygen atoms in total. The molecule has 0 bridgehead atoms. The molecule has 1 aromatic rings. The molecule has 2 aliphatic heterocycles. The van der Waals surface area contributed by atoms with Crippen LogP contribution in [0.15, 0.2) is 12.4 Å². The van der Waals surface area contributed by atoms with Crippen LogP contribution in [0.25, 0.3) is 0 Å². The molecule has 0 radical (unpaired) electrons. The largest absolute Gasteiger partial charge is 0.381 e. The highest BCUT2D eigenvalue weighted by Crippen LogP contribution is 2.46. The minimum atomic E-state index is 0.364. The second-order valence-corrected chi connectivity index (χ2v) is 4.43. The van der Waals surface area contributed by atoms with Crippen molar-refractivity contribution in [3.8, 4) is 0 Å². The first-order valence-corrected chi connectivity index (χ1v) is 5.10. The predicted molar refractivity (Wildman–Crippen MR) is 51.8 cm³/mol. The van der Waals surface area contributed by atoms with Crippen molar-refractivity contribution in [2.45, 2.75) is 12.5 Å². The number of nitrogens with one attached hydrogen (secondary N) is 1. The van der Waals surface area contributed by atoms with E-state index in [9.17, 15) is 0 Å². The van der Waals surface area contributed by atoms with Gasteiger partial charge in [-0.15, -0.1) is 0 Å². The molecule has 0 aliphatic carbocycles. The molecule has 14 heavy (non-hydrogen) atoms. The van der Waals surface area contributed by atoms with Gasteiger partial charge in [0.1, 0.15) is 0 Å². The Balaban J connectivity index is 1.86. The van der Waals surface area contributed by atoms with Crippen molar-refractivity contribution >= 4 is 0 Å². The summed E-state index contributed by atoms with van der Waals surface area (Å²) in [4.78, 5) is 0. The summed E-state index contributed by atoms with van der Waals surface area (Å²) < 4.78 is 7.35. The lowest BCUT2D eigenvalue weighted by atomic mass is 9.71. The van der Waals surface area contributed by atoms with Gasteiger partial charge in [0.25, 0.3) is 0 Å². The Morgan fingerprint density at radius 1 is 1.71 bits per heavy atom. The molecular weight excluding hydrogens is 178 g/mol. The van der Waals surface area contributed by atoms with Crippen molar-refractivity contribution in [1.82, 2.24) is 15.1 Å². The highest BCUT2D eigenvalue weighted by molar-refractivity contribution is 5.21. The van der Waals surface area contributed by atoms with Crippen LogP contribution in [0.3, 0.4) is 0 Å². The average molecular weight is 193 g/mol. The SMILES string of the molecule is Cn1cc([C@H]2NC[C@@]23CCOC3)cn1. The summed E-state index contributed by atoms with van der Waals surface area (Å²) in [6.07, 6.45) is 5.23. The number of aryl methyl sites for hydroxylation is 1. The highest BCUT2D eigenvalue weighted by atomic mass is 16.5. The standard InChI is InChI=1S/C10H15N3O/c1-13-5-8(4-12-13)9-10(6-11-9)2-3-14-7-10/h4-5,9,11H,2-3,6-7H2,1H3/t9-,10-/m1/s1. The van der Waals surface area contributed by atoms with Gasteiger partial charge in [-0.25, -0.2) is 0 Å². The lowest BCUT2D eigenvalue weighted by molar-refractivity contribution is 0.0577. The average Bonchev–Trinajstić information content (AvgIpc) is 2.73. The van der Waals surface area contributed by atoms with Gasteiger partial charge >= 0.3 is 0 Å². The van der Waals surface area contributed by atoms with Crippen LogP contribution < -0.4 is 5.32 Å². The molecule has 2 saturated heterocycles. The lowest BCUT2D eigenvalue weighted by Crippen LogP contribution is -2.56. The van der Waals surface area contributed by atoms with Gasteiger partial charge in [-0.05, 0) is 6.42 Å². The monoisotopic (exact) mass is 193 g/mol. The van der Waals surface area contributed by atoms with E-state index in [0.29, 0.717) is 11.5 Å². The molecule has 2 atom stereocenters. The van der Waals surface area contributed by atoms with Crippen molar-refractivity contribution in [1.29, 1.82) is 0 Å². The first kappa shape index (κ1) is 8.44. The van der Waals surface area contributed by atoms with Crippen LogP contribution in [0.4, 0.5) is 0 Å². The minimum Gasteiger partial charge on any atom is -0.381 e. The maximum absolute atomic E-state index is 5.49. The fraction of sp³-hybridized carbons (Fsp3) is 0.700. The van der Waals surface area contributed by atoms with Crippen LogP contribution in [-0.2, 0) is 11.8 Å². The van der Waals surface area contributed by atoms with Crippen LogP contribution in [-0.4, -0.2) is 29.5 Å². The van der Waals surface area contributed by atoms with E-state index in [1.165, 1.54) is 12.0 Å². The van der Waals surface area contributed by atoms with Crippen LogP contribution in [0.5, 0.6) is 0 Å². The molecule has 1 N–H and O–H groups in total. The van der Waals surface area contributed by atoms with Gasteiger partial charge in [0.05, 0.1) is 12.8 Å². The maximum Gasteiger partial charge on any atom is 0.0553 e. The van der Waals surface area contributed by atoms with Crippen molar-refractivity contribution in [2.24, 2.45) is 12.5 Å². The normalized spacial score (nSPS) is 36.2. The highest BCUT2D eigenvalue weighted by Gasteiger charge is 2.50. The molecule has 4 heteroatoms. The zero-order valence-corrected chi connectivity index (χ0v) is 8.36. The Bertz CT molecular complexity index is 341. The van der Waals surface area contributed by atoms with Crippen LogP contribution in [0.2, 0.25) is 0 Å². The third kappa shape index (κ3) is 1.04. The minimum absolute atomic E-state index is 0.364. The lowest BCUT2D eigenvalue weighted by Gasteiger charge is -2.46. The molecule has 0 amide bonds. The predicted octanol–water partition coefficient (Wildman–Crippen LogP) is 0.471. The fourth-order valence-corrected chi connectivity index (χ4v) is 2.54. The summed E-state index contributed by atoms with van der Waals surface area (Å²) in [7, 11) is 1.96. The zero-order valence-electron chi connectivity index (χ0n) is 8.36. The molecule has 1 aromatic heterocycles. The van der Waals surface area contributed by atoms with E-state index < -0.39 is 0 Å². The Kier molecular flexibility index (Phi) is 1.69. The number of ether oxygens (including phenoxy) is 1. The molecule has 0 unspecified atom stereocenters. The van der Waals surface area contributed by atoms with Crippen molar-refractivity contribution in [3.05, 3.63) is 18.0 Å². The summed E-state index contributed by atoms with van der Waals surface area (Å²) in [5.41, 5.74) is 1.66. The van der Waals surface area contributed by atoms with Gasteiger partial charge in [0.2, 0.25) is 0 Å². The van der Waals surface area contributed by atoms with Gasteiger partial charge in [-0.2, -0.15) is 5.10 Å². The fourth-order valence-electron chi connectivity index (χ4n) is 2.54. The molecule has 3 heterocycles. The first-order chi connectivity index (χ1) is 6.80. The number of hydrogen-bond donors (Lipinski definition) is 1. The van der Waals surface area contributed by atoms with E-state index in [2.05, 4.69) is 16.6 Å². The summed E-state index contributed by atoms with van der Waals surface area (Å²) >= 11 is 0. The maximum atomic E-state index is 5.49. The second-order valence-electron chi connectivity index (χ2n) is 4.43. The second kappa shape index (κ2) is 2.81. The smallest absolute Gasteiger partial charge is 0.0553 e. The molecule has 2 fully saturated rings. The van der Waals surface area contributed by atoms with Gasteiger partial charge in [-0.3, -0.25) is 4.68 Å². The van der Waals surface area contributed by atoms with E-state index in [-0.39, 0.29) is 0 Å². The van der Waals surface area contributed by atoms with E-state index in [4.69, 9.17) is 4.74 Å². The van der Waals surface area contributed by atoms with E-state index in [1.54, 1.807) is 0 Å². The molecule has 2 aliphatic rings. The number of aromatic nitrogens is 2. The van der Waals surface area contributed by atoms with Crippen molar-refractivity contribution in [2.75, 3.05) is 19.8 Å². The topological polar surface area (TPSA) is 39.1 Å². The van der Waals surface area contributed by atoms with Gasteiger partial charge < -0.3 is 10.1 Å². The van der Waals surface area contributed by atoms with Crippen LogP contribution in [0.1, 0.15) is 18.0 Å². The Morgan fingerprint density at radius 2 is 2.64 bits per heavy atom. The number of nitrogens with zero attached hydrogens (tertiary/aromatic N) is 2. The van der Waals surface area contributed by atoms with Crippen molar-refractivity contribution < 1.29 is 4.74 Å². The summed E-state index contributed by atoms with van der Waals surface area (Å²) in [5, 5.41) is 7.68. The molecule has 0 aromatic carbocycles. The van der Waals surface area contributed by atoms with Crippen LogP contribution in [0, 0.1) is 5.41 Å². The Morgan fingerprint density at radius 3 is 3.14 bits per heavy atom. The number of rotatable bonds is 1. The molecular formula is C10H15N3O. The summed E-state index contributed by atoms with van der Waals surface area (Å²) in [6.45, 7) is 2.91. The van der Waals surface area contributed by atoms with Crippen LogP contribution >= 0.6 is 0 Å². The third-order valence-corrected chi connectivity index (χ3v) is 3.46. The molecule has 0 saturated carbocycles. The molecule has 76 valence electrons. The van der Waals surface area contributed by atoms with Crippen molar-refractivity contribution in [3.63, 3.8) is 0 Å². The molecule has 1 spiro atoms. The third-order valence-electron chi connectivity index (χ3n) is 3.46. The Labute approximate surface area is 83.2 Å². The van der Waals surface area contributed by atoms with Gasteiger partial charge in [0.15, 0.2) is 0 Å². The van der Waals surface area contributed by atoms with Gasteiger partial charge in [-0.1, -0.05) is 0 Å². The first-order valence-electron chi connectivity index (χ1n) is 5.10.